The van der Waals surface area contributed by atoms with Crippen LogP contribution in [0.15, 0.2) is 28.9 Å². The van der Waals surface area contributed by atoms with Crippen molar-refractivity contribution >= 4 is 27.4 Å². The summed E-state index contributed by atoms with van der Waals surface area (Å²) in [6.45, 7) is 2.91. The quantitative estimate of drug-likeness (QED) is 0.671. The van der Waals surface area contributed by atoms with Crippen molar-refractivity contribution in [3.63, 3.8) is 0 Å². The summed E-state index contributed by atoms with van der Waals surface area (Å²) in [6, 6.07) is 5.30. The number of aromatic nitrogens is 2. The van der Waals surface area contributed by atoms with Gasteiger partial charge in [-0.05, 0) is 34.5 Å². The number of methoxy groups -OCH3 is 1. The van der Waals surface area contributed by atoms with Gasteiger partial charge in [-0.25, -0.2) is 0 Å². The van der Waals surface area contributed by atoms with E-state index in [1.807, 2.05) is 13.0 Å². The van der Waals surface area contributed by atoms with Gasteiger partial charge in [0.2, 0.25) is 5.78 Å². The number of ketones is 1. The van der Waals surface area contributed by atoms with E-state index in [0.29, 0.717) is 34.6 Å². The second-order valence-corrected chi connectivity index (χ2v) is 5.31. The first kappa shape index (κ1) is 14.7. The van der Waals surface area contributed by atoms with E-state index >= 15 is 0 Å². The van der Waals surface area contributed by atoms with Gasteiger partial charge in [-0.15, -0.1) is 0 Å². The minimum Gasteiger partial charge on any atom is -0.398 e. The fourth-order valence-electron chi connectivity index (χ4n) is 1.85. The standard InChI is InChI=1S/C14H16BrN3O2/c1-9-3-4-10(7-12(9)16)14(19)13-11(15)8-17-18(13)5-6-20-2/h3-4,7-8H,5-6,16H2,1-2H3. The second kappa shape index (κ2) is 6.19. The second-order valence-electron chi connectivity index (χ2n) is 4.46. The van der Waals surface area contributed by atoms with Crippen molar-refractivity contribution in [1.29, 1.82) is 0 Å². The van der Waals surface area contributed by atoms with E-state index in [9.17, 15) is 4.79 Å². The summed E-state index contributed by atoms with van der Waals surface area (Å²) in [5.74, 6) is -0.114. The molecule has 2 N–H and O–H groups in total. The lowest BCUT2D eigenvalue weighted by molar-refractivity contribution is 0.102. The van der Waals surface area contributed by atoms with Crippen LogP contribution in [-0.2, 0) is 11.3 Å². The van der Waals surface area contributed by atoms with Crippen LogP contribution < -0.4 is 5.73 Å². The third-order valence-corrected chi connectivity index (χ3v) is 3.64. The molecule has 6 heteroatoms. The number of carbonyl (C=O) groups excluding carboxylic acids is 1. The van der Waals surface area contributed by atoms with Crippen molar-refractivity contribution in [3.05, 3.63) is 45.7 Å². The molecule has 1 aromatic carbocycles. The Hall–Kier alpha value is -1.66. The molecular weight excluding hydrogens is 322 g/mol. The lowest BCUT2D eigenvalue weighted by Gasteiger charge is -2.08. The molecule has 5 nitrogen and oxygen atoms in total. The summed E-state index contributed by atoms with van der Waals surface area (Å²) in [5.41, 5.74) is 8.47. The molecule has 1 aromatic heterocycles. The van der Waals surface area contributed by atoms with Gasteiger partial charge in [0.25, 0.3) is 0 Å². The molecule has 0 amide bonds. The van der Waals surface area contributed by atoms with Gasteiger partial charge in [0.05, 0.1) is 23.8 Å². The summed E-state index contributed by atoms with van der Waals surface area (Å²) in [6.07, 6.45) is 1.61. The summed E-state index contributed by atoms with van der Waals surface area (Å²) in [7, 11) is 1.61. The van der Waals surface area contributed by atoms with Crippen LogP contribution in [0.4, 0.5) is 5.69 Å². The SMILES string of the molecule is COCCn1ncc(Br)c1C(=O)c1ccc(C)c(N)c1. The molecule has 0 aliphatic heterocycles. The molecule has 106 valence electrons. The molecule has 0 fully saturated rings. The minimum atomic E-state index is -0.114. The average molecular weight is 338 g/mol. The first-order valence-corrected chi connectivity index (χ1v) is 6.95. The number of nitrogens with zero attached hydrogens (tertiary/aromatic N) is 2. The molecule has 0 atom stereocenters. The Kier molecular flexibility index (Phi) is 4.57. The van der Waals surface area contributed by atoms with Crippen molar-refractivity contribution < 1.29 is 9.53 Å². The normalized spacial score (nSPS) is 10.8. The van der Waals surface area contributed by atoms with E-state index in [1.54, 1.807) is 30.1 Å². The molecule has 2 rings (SSSR count). The van der Waals surface area contributed by atoms with Crippen LogP contribution in [0.5, 0.6) is 0 Å². The molecule has 0 saturated heterocycles. The Bertz CT molecular complexity index is 637. The number of carbonyl (C=O) groups is 1. The monoisotopic (exact) mass is 337 g/mol. The van der Waals surface area contributed by atoms with Crippen LogP contribution in [0.1, 0.15) is 21.6 Å². The topological polar surface area (TPSA) is 70.1 Å². The van der Waals surface area contributed by atoms with Crippen molar-refractivity contribution in [2.24, 2.45) is 0 Å². The number of nitrogen functional groups attached to an aromatic ring is 1. The summed E-state index contributed by atoms with van der Waals surface area (Å²) >= 11 is 3.36. The van der Waals surface area contributed by atoms with Crippen molar-refractivity contribution in [3.8, 4) is 0 Å². The number of halogens is 1. The maximum absolute atomic E-state index is 12.6. The fourth-order valence-corrected chi connectivity index (χ4v) is 2.33. The Morgan fingerprint density at radius 1 is 1.50 bits per heavy atom. The number of hydrogen-bond acceptors (Lipinski definition) is 4. The van der Waals surface area contributed by atoms with Crippen LogP contribution in [0.25, 0.3) is 0 Å². The predicted molar refractivity (Wildman–Crippen MR) is 80.8 cm³/mol. The largest absolute Gasteiger partial charge is 0.398 e. The Labute approximate surface area is 125 Å². The molecule has 0 aliphatic carbocycles. The maximum Gasteiger partial charge on any atom is 0.212 e. The van der Waals surface area contributed by atoms with Gasteiger partial charge in [-0.1, -0.05) is 12.1 Å². The van der Waals surface area contributed by atoms with E-state index < -0.39 is 0 Å². The summed E-state index contributed by atoms with van der Waals surface area (Å²) < 4.78 is 7.32. The zero-order chi connectivity index (χ0) is 14.7. The van der Waals surface area contributed by atoms with E-state index in [2.05, 4.69) is 21.0 Å². The number of ether oxygens (including phenoxy) is 1. The molecule has 20 heavy (non-hydrogen) atoms. The van der Waals surface area contributed by atoms with E-state index in [4.69, 9.17) is 10.5 Å². The minimum absolute atomic E-state index is 0.114. The van der Waals surface area contributed by atoms with Gasteiger partial charge in [0, 0.05) is 18.4 Å². The molecule has 0 aliphatic rings. The molecule has 0 unspecified atom stereocenters. The summed E-state index contributed by atoms with van der Waals surface area (Å²) in [4.78, 5) is 12.6. The highest BCUT2D eigenvalue weighted by atomic mass is 79.9. The number of benzene rings is 1. The molecule has 0 saturated carbocycles. The number of aryl methyl sites for hydroxylation is 1. The smallest absolute Gasteiger partial charge is 0.212 e. The Balaban J connectivity index is 2.37. The highest BCUT2D eigenvalue weighted by Gasteiger charge is 2.19. The lowest BCUT2D eigenvalue weighted by Crippen LogP contribution is -2.15. The van der Waals surface area contributed by atoms with Crippen LogP contribution in [-0.4, -0.2) is 29.3 Å². The number of hydrogen-bond donors (Lipinski definition) is 1. The zero-order valence-corrected chi connectivity index (χ0v) is 13.0. The first-order chi connectivity index (χ1) is 9.54. The number of rotatable bonds is 5. The Morgan fingerprint density at radius 3 is 2.90 bits per heavy atom. The van der Waals surface area contributed by atoms with Gasteiger partial charge in [-0.3, -0.25) is 9.48 Å². The fraction of sp³-hybridized carbons (Fsp3) is 0.286. The highest BCUT2D eigenvalue weighted by Crippen LogP contribution is 2.22. The molecule has 1 heterocycles. The maximum atomic E-state index is 12.6. The highest BCUT2D eigenvalue weighted by molar-refractivity contribution is 9.10. The van der Waals surface area contributed by atoms with E-state index in [1.165, 1.54) is 0 Å². The van der Waals surface area contributed by atoms with Crippen molar-refractivity contribution in [2.75, 3.05) is 19.5 Å². The molecule has 0 radical (unpaired) electrons. The molecule has 0 spiro atoms. The van der Waals surface area contributed by atoms with E-state index in [0.717, 1.165) is 5.56 Å². The first-order valence-electron chi connectivity index (χ1n) is 6.15. The Morgan fingerprint density at radius 2 is 2.25 bits per heavy atom. The van der Waals surface area contributed by atoms with Gasteiger partial charge < -0.3 is 10.5 Å². The van der Waals surface area contributed by atoms with Crippen LogP contribution >= 0.6 is 15.9 Å². The van der Waals surface area contributed by atoms with E-state index in [-0.39, 0.29) is 5.78 Å². The third-order valence-electron chi connectivity index (χ3n) is 3.06. The molecule has 0 bridgehead atoms. The number of nitrogens with two attached hydrogens (primary N) is 1. The van der Waals surface area contributed by atoms with Crippen LogP contribution in [0.2, 0.25) is 0 Å². The zero-order valence-electron chi connectivity index (χ0n) is 11.4. The van der Waals surface area contributed by atoms with Crippen molar-refractivity contribution in [2.45, 2.75) is 13.5 Å². The van der Waals surface area contributed by atoms with Crippen LogP contribution in [0, 0.1) is 6.92 Å². The van der Waals surface area contributed by atoms with Crippen molar-refractivity contribution in [1.82, 2.24) is 9.78 Å². The lowest BCUT2D eigenvalue weighted by atomic mass is 10.0. The average Bonchev–Trinajstić information content (AvgIpc) is 2.80. The predicted octanol–water partition coefficient (Wildman–Crippen LogP) is 2.41. The van der Waals surface area contributed by atoms with Gasteiger partial charge in [-0.2, -0.15) is 5.10 Å². The molecular formula is C14H16BrN3O2. The number of anilines is 1. The van der Waals surface area contributed by atoms with Crippen LogP contribution in [0.3, 0.4) is 0 Å². The summed E-state index contributed by atoms with van der Waals surface area (Å²) in [5, 5.41) is 4.18. The third kappa shape index (κ3) is 2.91. The van der Waals surface area contributed by atoms with Gasteiger partial charge in [0.15, 0.2) is 0 Å². The van der Waals surface area contributed by atoms with Gasteiger partial charge >= 0.3 is 0 Å². The van der Waals surface area contributed by atoms with Gasteiger partial charge in [0.1, 0.15) is 5.69 Å². The molecule has 2 aromatic rings.